The van der Waals surface area contributed by atoms with Gasteiger partial charge in [0.2, 0.25) is 5.95 Å². The second kappa shape index (κ2) is 7.05. The van der Waals surface area contributed by atoms with Crippen molar-refractivity contribution in [3.05, 3.63) is 20.8 Å². The Labute approximate surface area is 137 Å². The standard InChI is InChI=1S/C10H13N5O5.H3O4P/c11-9-13-7-6(8(18)14-9)12-10(19)15(7)5-1-3(17)4(2-16)20-5;1-5(2,3)4/h3-5,16-17H,1-2H2,(H,12,19)(H3,11,13,14,18);(H3,1,2,3,4)/t3-,4+,5+;/m0./s1. The van der Waals surface area contributed by atoms with Crippen LogP contribution in [-0.2, 0) is 9.30 Å². The molecule has 2 aromatic heterocycles. The van der Waals surface area contributed by atoms with Gasteiger partial charge >= 0.3 is 13.5 Å². The molecule has 0 amide bonds. The molecule has 0 aromatic carbocycles. The average molecular weight is 381 g/mol. The van der Waals surface area contributed by atoms with Gasteiger partial charge in [-0.1, -0.05) is 0 Å². The molecule has 140 valence electrons. The SMILES string of the molecule is Nc1nc2c([nH]c(=O)n2[C@H]2C[C@H](O)[C@@H](CO)O2)c(=O)[nH]1.O=P(O)(O)O. The molecule has 0 unspecified atom stereocenters. The third-order valence-corrected chi connectivity index (χ3v) is 3.27. The van der Waals surface area contributed by atoms with Gasteiger partial charge in [0.1, 0.15) is 12.3 Å². The van der Waals surface area contributed by atoms with E-state index in [2.05, 4.69) is 15.0 Å². The number of nitrogens with two attached hydrogens (primary N) is 1. The van der Waals surface area contributed by atoms with Gasteiger partial charge in [-0.05, 0) is 0 Å². The van der Waals surface area contributed by atoms with Crippen LogP contribution in [0.15, 0.2) is 9.59 Å². The van der Waals surface area contributed by atoms with Crippen molar-refractivity contribution >= 4 is 24.9 Å². The molecule has 14 nitrogen and oxygen atoms in total. The summed E-state index contributed by atoms with van der Waals surface area (Å²) in [7, 11) is -4.64. The number of imidazole rings is 1. The monoisotopic (exact) mass is 381 g/mol. The second-order valence-electron chi connectivity index (χ2n) is 5.08. The lowest BCUT2D eigenvalue weighted by Gasteiger charge is -2.12. The number of fused-ring (bicyclic) bond motifs is 1. The van der Waals surface area contributed by atoms with E-state index in [4.69, 9.17) is 34.8 Å². The fraction of sp³-hybridized carbons (Fsp3) is 0.500. The van der Waals surface area contributed by atoms with Crippen LogP contribution in [0.5, 0.6) is 0 Å². The van der Waals surface area contributed by atoms with E-state index in [1.165, 1.54) is 0 Å². The first kappa shape index (κ1) is 19.3. The number of aliphatic hydroxyl groups is 2. The normalized spacial score (nSPS) is 23.5. The molecule has 0 spiro atoms. The smallest absolute Gasteiger partial charge is 0.394 e. The number of aromatic amines is 2. The molecule has 3 rings (SSSR count). The third kappa shape index (κ3) is 4.52. The Morgan fingerprint density at radius 1 is 1.32 bits per heavy atom. The summed E-state index contributed by atoms with van der Waals surface area (Å²) in [5, 5.41) is 18.8. The number of aromatic nitrogens is 4. The molecular formula is C10H16N5O9P. The van der Waals surface area contributed by atoms with Gasteiger partial charge in [0.25, 0.3) is 5.56 Å². The fourth-order valence-electron chi connectivity index (χ4n) is 2.33. The molecule has 1 fully saturated rings. The van der Waals surface area contributed by atoms with Gasteiger partial charge in [-0.2, -0.15) is 4.98 Å². The predicted octanol–water partition coefficient (Wildman–Crippen LogP) is -3.29. The molecule has 1 aliphatic heterocycles. The molecule has 3 heterocycles. The first-order valence-corrected chi connectivity index (χ1v) is 8.30. The molecule has 0 radical (unpaired) electrons. The molecule has 0 bridgehead atoms. The number of anilines is 1. The number of hydrogen-bond acceptors (Lipinski definition) is 8. The van der Waals surface area contributed by atoms with Gasteiger partial charge in [-0.15, -0.1) is 0 Å². The Hall–Kier alpha value is -2.06. The zero-order valence-corrected chi connectivity index (χ0v) is 13.3. The summed E-state index contributed by atoms with van der Waals surface area (Å²) >= 11 is 0. The van der Waals surface area contributed by atoms with Gasteiger partial charge in [-0.3, -0.25) is 14.8 Å². The Morgan fingerprint density at radius 2 is 1.92 bits per heavy atom. The van der Waals surface area contributed by atoms with Crippen molar-refractivity contribution in [3.63, 3.8) is 0 Å². The van der Waals surface area contributed by atoms with E-state index < -0.39 is 37.5 Å². The fourth-order valence-corrected chi connectivity index (χ4v) is 2.33. The molecule has 1 saturated heterocycles. The summed E-state index contributed by atoms with van der Waals surface area (Å²) in [6.07, 6.45) is -2.40. The molecule has 15 heteroatoms. The maximum Gasteiger partial charge on any atom is 0.466 e. The highest BCUT2D eigenvalue weighted by Crippen LogP contribution is 2.29. The van der Waals surface area contributed by atoms with Gasteiger partial charge in [-0.25, -0.2) is 13.9 Å². The molecule has 9 N–H and O–H groups in total. The highest BCUT2D eigenvalue weighted by Gasteiger charge is 2.36. The van der Waals surface area contributed by atoms with Crippen LogP contribution in [0, 0.1) is 0 Å². The Balaban J connectivity index is 0.000000399. The van der Waals surface area contributed by atoms with E-state index in [1.54, 1.807) is 0 Å². The highest BCUT2D eigenvalue weighted by atomic mass is 31.2. The van der Waals surface area contributed by atoms with Crippen LogP contribution in [0.1, 0.15) is 12.6 Å². The summed E-state index contributed by atoms with van der Waals surface area (Å²) in [6.45, 7) is -0.370. The maximum absolute atomic E-state index is 11.9. The van der Waals surface area contributed by atoms with Crippen LogP contribution < -0.4 is 17.0 Å². The van der Waals surface area contributed by atoms with Gasteiger partial charge < -0.3 is 35.4 Å². The Morgan fingerprint density at radius 3 is 2.44 bits per heavy atom. The summed E-state index contributed by atoms with van der Waals surface area (Å²) in [5.41, 5.74) is 4.32. The lowest BCUT2D eigenvalue weighted by Crippen LogP contribution is -2.25. The number of hydrogen-bond donors (Lipinski definition) is 8. The van der Waals surface area contributed by atoms with E-state index in [0.29, 0.717) is 0 Å². The number of H-pyrrole nitrogens is 2. The molecule has 25 heavy (non-hydrogen) atoms. The van der Waals surface area contributed by atoms with Crippen molar-refractivity contribution in [2.75, 3.05) is 12.3 Å². The van der Waals surface area contributed by atoms with Gasteiger partial charge in [0.05, 0.1) is 12.7 Å². The summed E-state index contributed by atoms with van der Waals surface area (Å²) < 4.78 is 15.4. The number of nitrogens with one attached hydrogen (secondary N) is 2. The van der Waals surface area contributed by atoms with Crippen LogP contribution in [0.4, 0.5) is 5.95 Å². The number of aliphatic hydroxyl groups excluding tert-OH is 2. The van der Waals surface area contributed by atoms with Crippen molar-refractivity contribution < 1.29 is 34.2 Å². The maximum atomic E-state index is 11.9. The second-order valence-corrected chi connectivity index (χ2v) is 6.10. The minimum absolute atomic E-state index is 0.0188. The highest BCUT2D eigenvalue weighted by molar-refractivity contribution is 7.45. The van der Waals surface area contributed by atoms with Crippen molar-refractivity contribution in [2.45, 2.75) is 24.9 Å². The van der Waals surface area contributed by atoms with Gasteiger partial charge in [0, 0.05) is 6.42 Å². The third-order valence-electron chi connectivity index (χ3n) is 3.27. The number of ether oxygens (including phenoxy) is 1. The van der Waals surface area contributed by atoms with Gasteiger partial charge in [0.15, 0.2) is 11.2 Å². The van der Waals surface area contributed by atoms with E-state index in [-0.39, 0.29) is 30.1 Å². The van der Waals surface area contributed by atoms with Crippen molar-refractivity contribution in [1.29, 1.82) is 0 Å². The Bertz CT molecular complexity index is 905. The van der Waals surface area contributed by atoms with E-state index in [0.717, 1.165) is 4.57 Å². The number of nitrogens with zero attached hydrogens (tertiary/aromatic N) is 2. The summed E-state index contributed by atoms with van der Waals surface area (Å²) in [5.74, 6) is -0.132. The average Bonchev–Trinajstić information content (AvgIpc) is 2.96. The van der Waals surface area contributed by atoms with E-state index >= 15 is 0 Å². The molecule has 0 aliphatic carbocycles. The first-order chi connectivity index (χ1) is 11.5. The predicted molar refractivity (Wildman–Crippen MR) is 81.3 cm³/mol. The summed E-state index contributed by atoms with van der Waals surface area (Å²) in [6, 6.07) is 0. The van der Waals surface area contributed by atoms with Crippen LogP contribution in [0.3, 0.4) is 0 Å². The Kier molecular flexibility index (Phi) is 5.43. The van der Waals surface area contributed by atoms with Crippen molar-refractivity contribution in [1.82, 2.24) is 19.5 Å². The van der Waals surface area contributed by atoms with Crippen LogP contribution in [0.25, 0.3) is 11.2 Å². The molecule has 0 saturated carbocycles. The molecular weight excluding hydrogens is 365 g/mol. The van der Waals surface area contributed by atoms with E-state index in [9.17, 15) is 14.7 Å². The molecule has 2 aromatic rings. The number of phosphoric acid groups is 1. The lowest BCUT2D eigenvalue weighted by atomic mass is 10.2. The first-order valence-electron chi connectivity index (χ1n) is 6.74. The lowest BCUT2D eigenvalue weighted by molar-refractivity contribution is -0.0441. The van der Waals surface area contributed by atoms with Crippen molar-refractivity contribution in [3.8, 4) is 0 Å². The zero-order chi connectivity index (χ0) is 18.9. The zero-order valence-electron chi connectivity index (χ0n) is 12.4. The molecule has 1 aliphatic rings. The molecule has 3 atom stereocenters. The number of rotatable bonds is 2. The van der Waals surface area contributed by atoms with E-state index in [1.807, 2.05) is 0 Å². The minimum atomic E-state index is -4.64. The van der Waals surface area contributed by atoms with Crippen LogP contribution in [-0.4, -0.2) is 63.2 Å². The van der Waals surface area contributed by atoms with Crippen LogP contribution >= 0.6 is 7.82 Å². The minimum Gasteiger partial charge on any atom is -0.394 e. The topological polar surface area (TPSA) is 237 Å². The number of nitrogen functional groups attached to an aromatic ring is 1. The quantitative estimate of drug-likeness (QED) is 0.240. The summed E-state index contributed by atoms with van der Waals surface area (Å²) in [4.78, 5) is 53.7. The van der Waals surface area contributed by atoms with Crippen LogP contribution in [0.2, 0.25) is 0 Å². The van der Waals surface area contributed by atoms with Crippen molar-refractivity contribution in [2.24, 2.45) is 0 Å². The largest absolute Gasteiger partial charge is 0.466 e.